The van der Waals surface area contributed by atoms with Gasteiger partial charge < -0.3 is 16.4 Å². The molecule has 0 aromatic carbocycles. The number of anilines is 2. The highest BCUT2D eigenvalue weighted by molar-refractivity contribution is 7.19. The van der Waals surface area contributed by atoms with Gasteiger partial charge in [-0.05, 0) is 6.92 Å². The van der Waals surface area contributed by atoms with Crippen LogP contribution in [0.5, 0.6) is 0 Å². The van der Waals surface area contributed by atoms with Crippen molar-refractivity contribution in [1.29, 1.82) is 0 Å². The molecular formula is C12H19N3O2S. The lowest BCUT2D eigenvalue weighted by Crippen LogP contribution is -2.20. The topological polar surface area (TPSA) is 84.2 Å². The Labute approximate surface area is 111 Å². The molecule has 1 heterocycles. The number of nitrogens with two attached hydrogens (primary N) is 1. The Morgan fingerprint density at radius 3 is 2.44 bits per heavy atom. The highest BCUT2D eigenvalue weighted by atomic mass is 32.1. The molecule has 0 spiro atoms. The smallest absolute Gasteiger partial charge is 0.256 e. The summed E-state index contributed by atoms with van der Waals surface area (Å²) in [5, 5.41) is 6.26. The van der Waals surface area contributed by atoms with Crippen molar-refractivity contribution < 1.29 is 9.59 Å². The molecule has 5 nitrogen and oxygen atoms in total. The molecule has 1 amide bonds. The summed E-state index contributed by atoms with van der Waals surface area (Å²) in [6, 6.07) is 0. The second kappa shape index (κ2) is 5.86. The minimum absolute atomic E-state index is 0.0354. The van der Waals surface area contributed by atoms with Crippen molar-refractivity contribution in [3.63, 3.8) is 0 Å². The highest BCUT2D eigenvalue weighted by Crippen LogP contribution is 2.36. The van der Waals surface area contributed by atoms with Crippen LogP contribution in [0.2, 0.25) is 0 Å². The number of nitrogens with one attached hydrogen (secondary N) is 2. The van der Waals surface area contributed by atoms with Crippen LogP contribution in [0.25, 0.3) is 0 Å². The summed E-state index contributed by atoms with van der Waals surface area (Å²) in [6.45, 7) is 6.22. The van der Waals surface area contributed by atoms with E-state index in [0.29, 0.717) is 22.0 Å². The molecule has 1 rings (SSSR count). The van der Waals surface area contributed by atoms with E-state index in [1.165, 1.54) is 11.3 Å². The fourth-order valence-corrected chi connectivity index (χ4v) is 2.80. The SMILES string of the molecule is CCNc1sc(C(=O)C(C)C)c(N)c1C(=O)NC. The number of carbonyl (C=O) groups is 2. The summed E-state index contributed by atoms with van der Waals surface area (Å²) in [5.74, 6) is -0.452. The summed E-state index contributed by atoms with van der Waals surface area (Å²) in [4.78, 5) is 24.3. The molecule has 1 aromatic rings. The van der Waals surface area contributed by atoms with Crippen molar-refractivity contribution in [3.8, 4) is 0 Å². The normalized spacial score (nSPS) is 10.5. The van der Waals surface area contributed by atoms with Gasteiger partial charge in [0.25, 0.3) is 5.91 Å². The average Bonchev–Trinajstić information content (AvgIpc) is 2.65. The van der Waals surface area contributed by atoms with E-state index in [2.05, 4.69) is 10.6 Å². The van der Waals surface area contributed by atoms with Crippen molar-refractivity contribution in [1.82, 2.24) is 5.32 Å². The molecular weight excluding hydrogens is 250 g/mol. The quantitative estimate of drug-likeness (QED) is 0.713. The Morgan fingerprint density at radius 2 is 2.00 bits per heavy atom. The lowest BCUT2D eigenvalue weighted by molar-refractivity contribution is 0.0944. The molecule has 0 fully saturated rings. The fourth-order valence-electron chi connectivity index (χ4n) is 1.52. The fraction of sp³-hybridized carbons (Fsp3) is 0.500. The Morgan fingerprint density at radius 1 is 1.39 bits per heavy atom. The first-order valence-electron chi connectivity index (χ1n) is 5.86. The molecule has 1 aromatic heterocycles. The molecule has 18 heavy (non-hydrogen) atoms. The van der Waals surface area contributed by atoms with Crippen LogP contribution >= 0.6 is 11.3 Å². The summed E-state index contributed by atoms with van der Waals surface area (Å²) in [7, 11) is 1.54. The van der Waals surface area contributed by atoms with Gasteiger partial charge in [0.15, 0.2) is 5.78 Å². The van der Waals surface area contributed by atoms with E-state index < -0.39 is 0 Å². The van der Waals surface area contributed by atoms with Crippen molar-refractivity contribution >= 4 is 33.7 Å². The first-order valence-corrected chi connectivity index (χ1v) is 6.68. The predicted molar refractivity (Wildman–Crippen MR) is 75.5 cm³/mol. The molecule has 100 valence electrons. The first-order chi connectivity index (χ1) is 8.43. The molecule has 0 atom stereocenters. The van der Waals surface area contributed by atoms with E-state index in [4.69, 9.17) is 5.73 Å². The van der Waals surface area contributed by atoms with Gasteiger partial charge >= 0.3 is 0 Å². The average molecular weight is 269 g/mol. The minimum Gasteiger partial charge on any atom is -0.397 e. The van der Waals surface area contributed by atoms with Gasteiger partial charge in [-0.3, -0.25) is 9.59 Å². The zero-order chi connectivity index (χ0) is 13.9. The van der Waals surface area contributed by atoms with Crippen molar-refractivity contribution in [3.05, 3.63) is 10.4 Å². The van der Waals surface area contributed by atoms with Crippen LogP contribution in [0.1, 0.15) is 40.8 Å². The molecule has 0 radical (unpaired) electrons. The lowest BCUT2D eigenvalue weighted by Gasteiger charge is -2.04. The van der Waals surface area contributed by atoms with Crippen LogP contribution in [0.15, 0.2) is 0 Å². The Bertz CT molecular complexity index is 466. The maximum absolute atomic E-state index is 12.0. The van der Waals surface area contributed by atoms with Gasteiger partial charge in [0.05, 0.1) is 16.1 Å². The number of nitrogen functional groups attached to an aromatic ring is 1. The van der Waals surface area contributed by atoms with Gasteiger partial charge in [0.1, 0.15) is 5.00 Å². The molecule has 0 saturated heterocycles. The van der Waals surface area contributed by atoms with E-state index in [0.717, 1.165) is 0 Å². The minimum atomic E-state index is -0.275. The van der Waals surface area contributed by atoms with Gasteiger partial charge in [-0.15, -0.1) is 11.3 Å². The van der Waals surface area contributed by atoms with E-state index in [9.17, 15) is 9.59 Å². The Kier molecular flexibility index (Phi) is 4.72. The van der Waals surface area contributed by atoms with Crippen molar-refractivity contribution in [2.45, 2.75) is 20.8 Å². The summed E-state index contributed by atoms with van der Waals surface area (Å²) < 4.78 is 0. The van der Waals surface area contributed by atoms with Crippen molar-refractivity contribution in [2.75, 3.05) is 24.6 Å². The van der Waals surface area contributed by atoms with E-state index in [1.807, 2.05) is 20.8 Å². The number of thiophene rings is 1. The monoisotopic (exact) mass is 269 g/mol. The first kappa shape index (κ1) is 14.5. The highest BCUT2D eigenvalue weighted by Gasteiger charge is 2.25. The Hall–Kier alpha value is -1.56. The van der Waals surface area contributed by atoms with E-state index >= 15 is 0 Å². The third-order valence-corrected chi connectivity index (χ3v) is 3.66. The van der Waals surface area contributed by atoms with Gasteiger partial charge in [-0.1, -0.05) is 13.8 Å². The van der Waals surface area contributed by atoms with Crippen LogP contribution in [0.4, 0.5) is 10.7 Å². The summed E-state index contributed by atoms with van der Waals surface area (Å²) in [6.07, 6.45) is 0. The lowest BCUT2D eigenvalue weighted by atomic mass is 10.1. The molecule has 0 aliphatic heterocycles. The number of amides is 1. The van der Waals surface area contributed by atoms with Gasteiger partial charge in [0.2, 0.25) is 0 Å². The molecule has 0 bridgehead atoms. The van der Waals surface area contributed by atoms with Gasteiger partial charge in [-0.2, -0.15) is 0 Å². The second-order valence-corrected chi connectivity index (χ2v) is 5.20. The number of hydrogen-bond acceptors (Lipinski definition) is 5. The zero-order valence-electron chi connectivity index (χ0n) is 11.1. The predicted octanol–water partition coefficient (Wildman–Crippen LogP) is 1.96. The van der Waals surface area contributed by atoms with E-state index in [-0.39, 0.29) is 23.3 Å². The molecule has 0 saturated carbocycles. The maximum atomic E-state index is 12.0. The summed E-state index contributed by atoms with van der Waals surface area (Å²) >= 11 is 1.24. The van der Waals surface area contributed by atoms with Crippen LogP contribution in [-0.4, -0.2) is 25.3 Å². The molecule has 0 aliphatic carbocycles. The number of rotatable bonds is 5. The van der Waals surface area contributed by atoms with Crippen LogP contribution < -0.4 is 16.4 Å². The zero-order valence-corrected chi connectivity index (χ0v) is 11.9. The molecule has 4 N–H and O–H groups in total. The van der Waals surface area contributed by atoms with Crippen LogP contribution in [0, 0.1) is 5.92 Å². The van der Waals surface area contributed by atoms with Crippen LogP contribution in [-0.2, 0) is 0 Å². The standard InChI is InChI=1S/C12H19N3O2S/c1-5-15-12-7(11(17)14-4)8(13)10(18-12)9(16)6(2)3/h6,15H,5,13H2,1-4H3,(H,14,17). The molecule has 0 aliphatic rings. The molecule has 6 heteroatoms. The second-order valence-electron chi connectivity index (χ2n) is 4.18. The van der Waals surface area contributed by atoms with Gasteiger partial charge in [0, 0.05) is 19.5 Å². The number of Topliss-reactive ketones (excluding diaryl/α,β-unsaturated/α-hetero) is 1. The molecule has 0 unspecified atom stereocenters. The third kappa shape index (κ3) is 2.64. The number of hydrogen-bond donors (Lipinski definition) is 3. The van der Waals surface area contributed by atoms with E-state index in [1.54, 1.807) is 7.05 Å². The maximum Gasteiger partial charge on any atom is 0.256 e. The van der Waals surface area contributed by atoms with Gasteiger partial charge in [-0.25, -0.2) is 0 Å². The Balaban J connectivity index is 3.32. The number of carbonyl (C=O) groups excluding carboxylic acids is 2. The van der Waals surface area contributed by atoms with Crippen LogP contribution in [0.3, 0.4) is 0 Å². The number of ketones is 1. The third-order valence-electron chi connectivity index (χ3n) is 2.48. The van der Waals surface area contributed by atoms with Crippen molar-refractivity contribution in [2.24, 2.45) is 5.92 Å². The largest absolute Gasteiger partial charge is 0.397 e. The summed E-state index contributed by atoms with van der Waals surface area (Å²) in [5.41, 5.74) is 6.58.